The summed E-state index contributed by atoms with van der Waals surface area (Å²) in [5.74, 6) is 1.94. The minimum atomic E-state index is 0.629. The van der Waals surface area contributed by atoms with Gasteiger partial charge in [-0.2, -0.15) is 0 Å². The van der Waals surface area contributed by atoms with Gasteiger partial charge in [0.1, 0.15) is 11.2 Å². The largest absolute Gasteiger partial charge is 0.456 e. The van der Waals surface area contributed by atoms with E-state index in [9.17, 15) is 0 Å². The molecule has 0 radical (unpaired) electrons. The van der Waals surface area contributed by atoms with Crippen molar-refractivity contribution in [3.63, 3.8) is 0 Å². The molecule has 1 aliphatic rings. The molecule has 54 heavy (non-hydrogen) atoms. The van der Waals surface area contributed by atoms with Gasteiger partial charge in [0.05, 0.1) is 0 Å². The minimum absolute atomic E-state index is 0.629. The van der Waals surface area contributed by atoms with Crippen LogP contribution in [-0.4, -0.2) is 15.0 Å². The molecule has 0 saturated heterocycles. The van der Waals surface area contributed by atoms with Crippen LogP contribution < -0.4 is 0 Å². The third-order valence-corrected chi connectivity index (χ3v) is 12.0. The standard InChI is InChI=1S/C49H27N3OS/c1-3-23-39-34(15-1)45-31(17-9-24-40(45)53-39)29-13-5-14-30(27-29)47-50-48(37-21-8-19-33-32-18-6-11-28-12-7-20-36(43(28)32)44(33)37)52-49(51-47)38-22-10-26-42-46(38)35-16-2-4-25-41(35)54-42/h1-27H. The van der Waals surface area contributed by atoms with Crippen LogP contribution in [0, 0.1) is 0 Å². The summed E-state index contributed by atoms with van der Waals surface area (Å²) in [5, 5.41) is 7.10. The number of furan rings is 1. The van der Waals surface area contributed by atoms with Crippen molar-refractivity contribution in [2.45, 2.75) is 0 Å². The smallest absolute Gasteiger partial charge is 0.164 e. The highest BCUT2D eigenvalue weighted by molar-refractivity contribution is 7.25. The van der Waals surface area contributed by atoms with Crippen LogP contribution in [0.5, 0.6) is 0 Å². The van der Waals surface area contributed by atoms with Gasteiger partial charge in [0.25, 0.3) is 0 Å². The fraction of sp³-hybridized carbons (Fsp3) is 0. The van der Waals surface area contributed by atoms with Gasteiger partial charge in [-0.1, -0.05) is 133 Å². The van der Waals surface area contributed by atoms with E-state index in [1.165, 1.54) is 53.2 Å². The second-order valence-electron chi connectivity index (χ2n) is 13.9. The molecule has 12 rings (SSSR count). The molecule has 0 spiro atoms. The third kappa shape index (κ3) is 4.27. The van der Waals surface area contributed by atoms with E-state index < -0.39 is 0 Å². The SMILES string of the molecule is c1cc(-c2nc(-c3cccc4c3-c3cccc5cccc-4c35)nc(-c3cccc4sc5ccccc5c34)n2)cc(-c2cccc3oc4ccccc4c23)c1. The summed E-state index contributed by atoms with van der Waals surface area (Å²) in [7, 11) is 0. The van der Waals surface area contributed by atoms with Gasteiger partial charge in [0, 0.05) is 53.2 Å². The Bertz CT molecular complexity index is 3350. The Kier molecular flexibility index (Phi) is 6.18. The number of para-hydroxylation sites is 1. The van der Waals surface area contributed by atoms with Gasteiger partial charge in [-0.25, -0.2) is 15.0 Å². The van der Waals surface area contributed by atoms with Crippen molar-refractivity contribution in [1.82, 2.24) is 15.0 Å². The average Bonchev–Trinajstić information content (AvgIpc) is 3.92. The Morgan fingerprint density at radius 1 is 0.370 bits per heavy atom. The molecule has 0 atom stereocenters. The number of thiophene rings is 1. The molecular weight excluding hydrogens is 679 g/mol. The lowest BCUT2D eigenvalue weighted by Gasteiger charge is -2.13. The van der Waals surface area contributed by atoms with Crippen LogP contribution in [0.25, 0.3) is 120 Å². The molecule has 1 aliphatic carbocycles. The number of hydrogen-bond donors (Lipinski definition) is 0. The van der Waals surface area contributed by atoms with Crippen molar-refractivity contribution in [3.05, 3.63) is 164 Å². The van der Waals surface area contributed by atoms with E-state index in [1.807, 2.05) is 18.2 Å². The molecule has 0 aliphatic heterocycles. The normalized spacial score (nSPS) is 12.1. The van der Waals surface area contributed by atoms with Gasteiger partial charge >= 0.3 is 0 Å². The fourth-order valence-electron chi connectivity index (χ4n) is 8.57. The first-order valence-corrected chi connectivity index (χ1v) is 18.9. The van der Waals surface area contributed by atoms with E-state index in [-0.39, 0.29) is 0 Å². The molecule has 250 valence electrons. The van der Waals surface area contributed by atoms with Gasteiger partial charge in [0.15, 0.2) is 17.5 Å². The zero-order valence-electron chi connectivity index (χ0n) is 28.7. The van der Waals surface area contributed by atoms with Crippen molar-refractivity contribution < 1.29 is 4.42 Å². The summed E-state index contributed by atoms with van der Waals surface area (Å²) >= 11 is 1.80. The van der Waals surface area contributed by atoms with Gasteiger partial charge < -0.3 is 4.42 Å². The highest BCUT2D eigenvalue weighted by atomic mass is 32.1. The molecule has 11 aromatic rings. The second-order valence-corrected chi connectivity index (χ2v) is 15.0. The molecule has 3 aromatic heterocycles. The summed E-state index contributed by atoms with van der Waals surface area (Å²) in [6.07, 6.45) is 0. The molecule has 5 heteroatoms. The predicted octanol–water partition coefficient (Wildman–Crippen LogP) is 13.6. The highest BCUT2D eigenvalue weighted by Gasteiger charge is 2.26. The quantitative estimate of drug-likeness (QED) is 0.183. The van der Waals surface area contributed by atoms with E-state index in [1.54, 1.807) is 11.3 Å². The molecule has 0 amide bonds. The second kappa shape index (κ2) is 11.3. The lowest BCUT2D eigenvalue weighted by Crippen LogP contribution is -2.01. The molecular formula is C49H27N3OS. The molecule has 0 N–H and O–H groups in total. The Morgan fingerprint density at radius 2 is 0.981 bits per heavy atom. The molecule has 3 heterocycles. The van der Waals surface area contributed by atoms with Gasteiger partial charge in [-0.15, -0.1) is 11.3 Å². The maximum Gasteiger partial charge on any atom is 0.164 e. The Morgan fingerprint density at radius 3 is 1.91 bits per heavy atom. The van der Waals surface area contributed by atoms with E-state index in [0.29, 0.717) is 17.5 Å². The molecule has 4 nitrogen and oxygen atoms in total. The Labute approximate surface area is 313 Å². The first-order valence-electron chi connectivity index (χ1n) is 18.1. The monoisotopic (exact) mass is 705 g/mol. The van der Waals surface area contributed by atoms with Crippen molar-refractivity contribution in [2.75, 3.05) is 0 Å². The van der Waals surface area contributed by atoms with Gasteiger partial charge in [-0.05, 0) is 68.9 Å². The molecule has 8 aromatic carbocycles. The first-order chi connectivity index (χ1) is 26.8. The third-order valence-electron chi connectivity index (χ3n) is 10.9. The maximum absolute atomic E-state index is 6.27. The van der Waals surface area contributed by atoms with E-state index >= 15 is 0 Å². The van der Waals surface area contributed by atoms with Crippen LogP contribution in [0.4, 0.5) is 0 Å². The van der Waals surface area contributed by atoms with Crippen LogP contribution in [0.1, 0.15) is 0 Å². The minimum Gasteiger partial charge on any atom is -0.456 e. The number of aromatic nitrogens is 3. The Hall–Kier alpha value is -6.95. The van der Waals surface area contributed by atoms with Crippen LogP contribution >= 0.6 is 11.3 Å². The number of rotatable bonds is 4. The predicted molar refractivity (Wildman–Crippen MR) is 224 cm³/mol. The van der Waals surface area contributed by atoms with E-state index in [0.717, 1.165) is 49.8 Å². The number of benzene rings is 8. The molecule has 0 bridgehead atoms. The van der Waals surface area contributed by atoms with Gasteiger partial charge in [-0.3, -0.25) is 0 Å². The average molecular weight is 706 g/mol. The Balaban J connectivity index is 1.12. The summed E-state index contributed by atoms with van der Waals surface area (Å²) in [5.41, 5.74) is 11.7. The van der Waals surface area contributed by atoms with Crippen LogP contribution in [0.2, 0.25) is 0 Å². The van der Waals surface area contributed by atoms with Crippen molar-refractivity contribution in [3.8, 4) is 67.5 Å². The summed E-state index contributed by atoms with van der Waals surface area (Å²) in [6.45, 7) is 0. The number of nitrogens with zero attached hydrogens (tertiary/aromatic N) is 3. The fourth-order valence-corrected chi connectivity index (χ4v) is 9.71. The van der Waals surface area contributed by atoms with E-state index in [4.69, 9.17) is 19.4 Å². The van der Waals surface area contributed by atoms with Crippen molar-refractivity contribution in [1.29, 1.82) is 0 Å². The topological polar surface area (TPSA) is 51.8 Å². The maximum atomic E-state index is 6.27. The lowest BCUT2D eigenvalue weighted by molar-refractivity contribution is 0.669. The zero-order valence-corrected chi connectivity index (χ0v) is 29.6. The summed E-state index contributed by atoms with van der Waals surface area (Å²) < 4.78 is 8.72. The van der Waals surface area contributed by atoms with Crippen LogP contribution in [-0.2, 0) is 0 Å². The van der Waals surface area contributed by atoms with Gasteiger partial charge in [0.2, 0.25) is 0 Å². The molecule has 0 saturated carbocycles. The molecule has 0 fully saturated rings. The van der Waals surface area contributed by atoms with E-state index in [2.05, 4.69) is 146 Å². The number of hydrogen-bond acceptors (Lipinski definition) is 5. The summed E-state index contributed by atoms with van der Waals surface area (Å²) in [6, 6.07) is 57.8. The number of fused-ring (bicyclic) bond motifs is 9. The van der Waals surface area contributed by atoms with Crippen LogP contribution in [0.3, 0.4) is 0 Å². The van der Waals surface area contributed by atoms with Crippen molar-refractivity contribution >= 4 is 64.2 Å². The molecule has 0 unspecified atom stereocenters. The summed E-state index contributed by atoms with van der Waals surface area (Å²) in [4.78, 5) is 16.0. The van der Waals surface area contributed by atoms with Crippen LogP contribution in [0.15, 0.2) is 168 Å². The first kappa shape index (κ1) is 29.6. The lowest BCUT2D eigenvalue weighted by atomic mass is 9.97. The highest BCUT2D eigenvalue weighted by Crippen LogP contribution is 2.51. The zero-order chi connectivity index (χ0) is 35.3. The van der Waals surface area contributed by atoms with Crippen molar-refractivity contribution in [2.24, 2.45) is 0 Å².